The molecule has 90 valence electrons. The normalized spacial score (nSPS) is 25.0. The fraction of sp³-hybridized carbons (Fsp3) is 1.00. The van der Waals surface area contributed by atoms with Crippen molar-refractivity contribution in [2.45, 2.75) is 26.3 Å². The Morgan fingerprint density at radius 1 is 1.47 bits per heavy atom. The van der Waals surface area contributed by atoms with Crippen LogP contribution < -0.4 is 5.32 Å². The number of nitrogens with one attached hydrogen (secondary N) is 1. The molecule has 0 bridgehead atoms. The summed E-state index contributed by atoms with van der Waals surface area (Å²) in [5.41, 5.74) is 0. The van der Waals surface area contributed by atoms with Crippen molar-refractivity contribution in [3.63, 3.8) is 0 Å². The first-order valence-electron chi connectivity index (χ1n) is 6.23. The molecule has 1 rings (SSSR count). The first-order chi connectivity index (χ1) is 7.13. The van der Waals surface area contributed by atoms with Gasteiger partial charge in [0.1, 0.15) is 0 Å². The van der Waals surface area contributed by atoms with Crippen LogP contribution in [-0.4, -0.2) is 62.7 Å². The maximum absolute atomic E-state index is 3.45. The number of likely N-dealkylation sites (tertiary alicyclic amines) is 1. The molecule has 1 N–H and O–H groups in total. The van der Waals surface area contributed by atoms with Gasteiger partial charge in [-0.2, -0.15) is 0 Å². The Balaban J connectivity index is 2.22. The van der Waals surface area contributed by atoms with Crippen LogP contribution in [0.25, 0.3) is 0 Å². The molecule has 0 aromatic carbocycles. The highest BCUT2D eigenvalue weighted by Crippen LogP contribution is 2.18. The number of likely N-dealkylation sites (N-methyl/N-ethyl adjacent to an activating group) is 1. The van der Waals surface area contributed by atoms with E-state index in [1.165, 1.54) is 32.6 Å². The van der Waals surface area contributed by atoms with Crippen molar-refractivity contribution in [3.8, 4) is 0 Å². The highest BCUT2D eigenvalue weighted by molar-refractivity contribution is 4.81. The van der Waals surface area contributed by atoms with Crippen LogP contribution in [0.5, 0.6) is 0 Å². The van der Waals surface area contributed by atoms with Crippen LogP contribution in [0.3, 0.4) is 0 Å². The summed E-state index contributed by atoms with van der Waals surface area (Å²) in [6.45, 7) is 10.6. The van der Waals surface area contributed by atoms with Crippen molar-refractivity contribution in [1.82, 2.24) is 15.1 Å². The molecule has 1 fully saturated rings. The molecule has 0 aromatic rings. The van der Waals surface area contributed by atoms with Crippen LogP contribution >= 0.6 is 0 Å². The second-order valence-electron chi connectivity index (χ2n) is 5.07. The first kappa shape index (κ1) is 12.9. The summed E-state index contributed by atoms with van der Waals surface area (Å²) < 4.78 is 0. The topological polar surface area (TPSA) is 18.5 Å². The molecule has 0 spiro atoms. The molecule has 1 aliphatic heterocycles. The van der Waals surface area contributed by atoms with Gasteiger partial charge in [0.15, 0.2) is 0 Å². The Morgan fingerprint density at radius 2 is 2.20 bits per heavy atom. The summed E-state index contributed by atoms with van der Waals surface area (Å²) in [6, 6.07) is 0.701. The molecule has 2 atom stereocenters. The third kappa shape index (κ3) is 4.49. The molecule has 0 amide bonds. The summed E-state index contributed by atoms with van der Waals surface area (Å²) in [5, 5.41) is 3.45. The second kappa shape index (κ2) is 6.46. The van der Waals surface area contributed by atoms with Crippen LogP contribution in [0.4, 0.5) is 0 Å². The smallest absolute Gasteiger partial charge is 0.0194 e. The Morgan fingerprint density at radius 3 is 2.80 bits per heavy atom. The van der Waals surface area contributed by atoms with E-state index >= 15 is 0 Å². The van der Waals surface area contributed by atoms with Gasteiger partial charge in [-0.1, -0.05) is 6.92 Å². The van der Waals surface area contributed by atoms with E-state index in [1.807, 2.05) is 0 Å². The monoisotopic (exact) mass is 213 g/mol. The average Bonchev–Trinajstić information content (AvgIpc) is 2.62. The van der Waals surface area contributed by atoms with E-state index in [2.05, 4.69) is 43.1 Å². The molecule has 3 heteroatoms. The molecule has 15 heavy (non-hydrogen) atoms. The minimum absolute atomic E-state index is 0.701. The summed E-state index contributed by atoms with van der Waals surface area (Å²) in [6.07, 6.45) is 1.37. The Hall–Kier alpha value is -0.120. The largest absolute Gasteiger partial charge is 0.317 e. The van der Waals surface area contributed by atoms with Gasteiger partial charge in [-0.25, -0.2) is 0 Å². The van der Waals surface area contributed by atoms with Gasteiger partial charge in [0.05, 0.1) is 0 Å². The van der Waals surface area contributed by atoms with Crippen molar-refractivity contribution < 1.29 is 0 Å². The lowest BCUT2D eigenvalue weighted by atomic mass is 10.1. The summed E-state index contributed by atoms with van der Waals surface area (Å²) >= 11 is 0. The van der Waals surface area contributed by atoms with Crippen molar-refractivity contribution >= 4 is 0 Å². The van der Waals surface area contributed by atoms with E-state index in [1.54, 1.807) is 0 Å². The second-order valence-corrected chi connectivity index (χ2v) is 5.07. The minimum atomic E-state index is 0.701. The molecule has 0 aliphatic carbocycles. The van der Waals surface area contributed by atoms with Crippen LogP contribution in [0.2, 0.25) is 0 Å². The highest BCUT2D eigenvalue weighted by Gasteiger charge is 2.25. The molecule has 2 unspecified atom stereocenters. The van der Waals surface area contributed by atoms with Crippen molar-refractivity contribution in [1.29, 1.82) is 0 Å². The number of hydrogen-bond donors (Lipinski definition) is 1. The Labute approximate surface area is 94.8 Å². The van der Waals surface area contributed by atoms with Gasteiger partial charge in [-0.05, 0) is 53.0 Å². The summed E-state index contributed by atoms with van der Waals surface area (Å²) in [5.74, 6) is 0.870. The zero-order valence-corrected chi connectivity index (χ0v) is 10.8. The number of nitrogens with zero attached hydrogens (tertiary/aromatic N) is 2. The lowest BCUT2D eigenvalue weighted by molar-refractivity contribution is 0.202. The predicted octanol–water partition coefficient (Wildman–Crippen LogP) is 0.868. The van der Waals surface area contributed by atoms with Gasteiger partial charge >= 0.3 is 0 Å². The van der Waals surface area contributed by atoms with Gasteiger partial charge in [0.2, 0.25) is 0 Å². The minimum Gasteiger partial charge on any atom is -0.317 e. The lowest BCUT2D eigenvalue weighted by Crippen LogP contribution is -2.39. The quantitative estimate of drug-likeness (QED) is 0.706. The van der Waals surface area contributed by atoms with Gasteiger partial charge in [0.25, 0.3) is 0 Å². The predicted molar refractivity (Wildman–Crippen MR) is 66.2 cm³/mol. The highest BCUT2D eigenvalue weighted by atomic mass is 15.2. The lowest BCUT2D eigenvalue weighted by Gasteiger charge is -2.27. The summed E-state index contributed by atoms with van der Waals surface area (Å²) in [4.78, 5) is 4.91. The van der Waals surface area contributed by atoms with E-state index in [0.717, 1.165) is 12.5 Å². The molecule has 0 saturated carbocycles. The number of rotatable bonds is 6. The molecule has 0 radical (unpaired) electrons. The van der Waals surface area contributed by atoms with Gasteiger partial charge in [0, 0.05) is 19.1 Å². The van der Waals surface area contributed by atoms with Crippen LogP contribution in [0.1, 0.15) is 20.3 Å². The van der Waals surface area contributed by atoms with E-state index in [-0.39, 0.29) is 0 Å². The average molecular weight is 213 g/mol. The molecule has 1 aliphatic rings. The van der Waals surface area contributed by atoms with E-state index in [0.29, 0.717) is 6.04 Å². The third-order valence-corrected chi connectivity index (χ3v) is 3.25. The molecular weight excluding hydrogens is 186 g/mol. The van der Waals surface area contributed by atoms with Gasteiger partial charge < -0.3 is 10.2 Å². The van der Waals surface area contributed by atoms with E-state index < -0.39 is 0 Å². The van der Waals surface area contributed by atoms with Gasteiger partial charge in [-0.15, -0.1) is 0 Å². The van der Waals surface area contributed by atoms with E-state index in [4.69, 9.17) is 0 Å². The third-order valence-electron chi connectivity index (χ3n) is 3.25. The van der Waals surface area contributed by atoms with Crippen LogP contribution in [-0.2, 0) is 0 Å². The Kier molecular flexibility index (Phi) is 5.58. The SMILES string of the molecule is CCNCC1CCN(C(C)CN(C)C)C1. The van der Waals surface area contributed by atoms with Crippen LogP contribution in [0.15, 0.2) is 0 Å². The van der Waals surface area contributed by atoms with Crippen LogP contribution in [0, 0.1) is 5.92 Å². The standard InChI is InChI=1S/C12H27N3/c1-5-13-8-12-6-7-15(10-12)11(2)9-14(3)4/h11-13H,5-10H2,1-4H3. The van der Waals surface area contributed by atoms with Crippen molar-refractivity contribution in [3.05, 3.63) is 0 Å². The molecular formula is C12H27N3. The zero-order valence-electron chi connectivity index (χ0n) is 10.8. The fourth-order valence-electron chi connectivity index (χ4n) is 2.42. The van der Waals surface area contributed by atoms with Gasteiger partial charge in [-0.3, -0.25) is 4.90 Å². The Bertz CT molecular complexity index is 170. The molecule has 1 saturated heterocycles. The first-order valence-corrected chi connectivity index (χ1v) is 6.23. The molecule has 0 aromatic heterocycles. The van der Waals surface area contributed by atoms with Crippen molar-refractivity contribution in [2.75, 3.05) is 46.8 Å². The fourth-order valence-corrected chi connectivity index (χ4v) is 2.42. The van der Waals surface area contributed by atoms with E-state index in [9.17, 15) is 0 Å². The maximum Gasteiger partial charge on any atom is 0.0194 e. The zero-order chi connectivity index (χ0) is 11.3. The number of hydrogen-bond acceptors (Lipinski definition) is 3. The molecule has 3 nitrogen and oxygen atoms in total. The maximum atomic E-state index is 3.45. The van der Waals surface area contributed by atoms with Crippen molar-refractivity contribution in [2.24, 2.45) is 5.92 Å². The molecule has 1 heterocycles. The summed E-state index contributed by atoms with van der Waals surface area (Å²) in [7, 11) is 4.31.